The fraction of sp³-hybridized carbons (Fsp3) is 0.231. The van der Waals surface area contributed by atoms with E-state index in [9.17, 15) is 22.4 Å². The molecule has 4 nitrogen and oxygen atoms in total. The van der Waals surface area contributed by atoms with Crippen LogP contribution in [-0.4, -0.2) is 21.9 Å². The number of benzene rings is 1. The first-order valence-corrected chi connectivity index (χ1v) is 5.93. The van der Waals surface area contributed by atoms with Gasteiger partial charge >= 0.3 is 12.1 Å². The molecule has 0 spiro atoms. The van der Waals surface area contributed by atoms with Crippen LogP contribution in [-0.2, 0) is 11.3 Å². The van der Waals surface area contributed by atoms with E-state index in [1.807, 2.05) is 0 Å². The summed E-state index contributed by atoms with van der Waals surface area (Å²) in [6.45, 7) is 1.65. The lowest BCUT2D eigenvalue weighted by atomic mass is 10.2. The van der Waals surface area contributed by atoms with E-state index in [1.165, 1.54) is 22.9 Å². The minimum absolute atomic E-state index is 0.0559. The van der Waals surface area contributed by atoms with Crippen LogP contribution >= 0.6 is 0 Å². The Labute approximate surface area is 117 Å². The van der Waals surface area contributed by atoms with Crippen molar-refractivity contribution in [2.45, 2.75) is 19.6 Å². The molecule has 0 fully saturated rings. The van der Waals surface area contributed by atoms with Gasteiger partial charge in [-0.2, -0.15) is 18.3 Å². The van der Waals surface area contributed by atoms with E-state index in [2.05, 4.69) is 5.10 Å². The van der Waals surface area contributed by atoms with Gasteiger partial charge < -0.3 is 5.32 Å². The molecule has 112 valence electrons. The lowest BCUT2D eigenvalue weighted by Gasteiger charge is -2.06. The van der Waals surface area contributed by atoms with Crippen molar-refractivity contribution in [3.8, 4) is 0 Å². The Balaban J connectivity index is 2.17. The van der Waals surface area contributed by atoms with E-state index in [0.717, 1.165) is 0 Å². The number of alkyl halides is 3. The van der Waals surface area contributed by atoms with Crippen molar-refractivity contribution in [2.24, 2.45) is 0 Å². The van der Waals surface area contributed by atoms with Crippen LogP contribution in [0.4, 0.5) is 23.4 Å². The first-order chi connectivity index (χ1) is 9.77. The Morgan fingerprint density at radius 3 is 2.62 bits per heavy atom. The van der Waals surface area contributed by atoms with Crippen molar-refractivity contribution in [1.29, 1.82) is 0 Å². The Morgan fingerprint density at radius 1 is 1.33 bits per heavy atom. The number of hydrogen-bond acceptors (Lipinski definition) is 2. The smallest absolute Gasteiger partial charge is 0.301 e. The number of nitrogens with one attached hydrogen (secondary N) is 1. The van der Waals surface area contributed by atoms with Crippen molar-refractivity contribution in [3.05, 3.63) is 47.4 Å². The summed E-state index contributed by atoms with van der Waals surface area (Å²) in [6, 6.07) is 7.28. The number of nitrogens with zero attached hydrogens (tertiary/aromatic N) is 2. The molecule has 8 heteroatoms. The standard InChI is InChI=1S/C13H11F4N3O/c1-8-6-11(18-12(21)13(15,16)17)19-20(8)7-9-4-2-3-5-10(9)14/h2-6H,7H2,1H3,(H,18,19,21). The maximum absolute atomic E-state index is 13.5. The number of carbonyl (C=O) groups is 1. The first kappa shape index (κ1) is 15.0. The van der Waals surface area contributed by atoms with Crippen molar-refractivity contribution < 1.29 is 22.4 Å². The highest BCUT2D eigenvalue weighted by atomic mass is 19.4. The topological polar surface area (TPSA) is 46.9 Å². The number of aryl methyl sites for hydroxylation is 1. The van der Waals surface area contributed by atoms with Gasteiger partial charge in [-0.25, -0.2) is 4.39 Å². The SMILES string of the molecule is Cc1cc(NC(=O)C(F)(F)F)nn1Cc1ccccc1F. The second kappa shape index (κ2) is 5.55. The molecule has 21 heavy (non-hydrogen) atoms. The maximum atomic E-state index is 13.5. The zero-order chi connectivity index (χ0) is 15.6. The molecule has 1 N–H and O–H groups in total. The van der Waals surface area contributed by atoms with Crippen LogP contribution in [0.2, 0.25) is 0 Å². The summed E-state index contributed by atoms with van der Waals surface area (Å²) >= 11 is 0. The van der Waals surface area contributed by atoms with E-state index < -0.39 is 17.9 Å². The minimum atomic E-state index is -4.98. The monoisotopic (exact) mass is 301 g/mol. The van der Waals surface area contributed by atoms with Crippen molar-refractivity contribution >= 4 is 11.7 Å². The average molecular weight is 301 g/mol. The fourth-order valence-electron chi connectivity index (χ4n) is 1.71. The van der Waals surface area contributed by atoms with Gasteiger partial charge in [0, 0.05) is 17.3 Å². The van der Waals surface area contributed by atoms with Gasteiger partial charge in [0.25, 0.3) is 0 Å². The Kier molecular flexibility index (Phi) is 3.97. The van der Waals surface area contributed by atoms with E-state index in [1.54, 1.807) is 24.4 Å². The number of hydrogen-bond donors (Lipinski definition) is 1. The number of anilines is 1. The van der Waals surface area contributed by atoms with Gasteiger partial charge in [0.2, 0.25) is 0 Å². The number of rotatable bonds is 3. The summed E-state index contributed by atoms with van der Waals surface area (Å²) in [7, 11) is 0. The number of aromatic nitrogens is 2. The third-order valence-electron chi connectivity index (χ3n) is 2.76. The quantitative estimate of drug-likeness (QED) is 0.886. The molecule has 0 bridgehead atoms. The summed E-state index contributed by atoms with van der Waals surface area (Å²) in [5.74, 6) is -2.77. The molecular weight excluding hydrogens is 290 g/mol. The average Bonchev–Trinajstić information content (AvgIpc) is 2.71. The zero-order valence-corrected chi connectivity index (χ0v) is 10.9. The van der Waals surface area contributed by atoms with Crippen LogP contribution in [0.5, 0.6) is 0 Å². The highest BCUT2D eigenvalue weighted by Gasteiger charge is 2.39. The third-order valence-corrected chi connectivity index (χ3v) is 2.76. The predicted octanol–water partition coefficient (Wildman–Crippen LogP) is 2.88. The molecule has 0 aliphatic heterocycles. The van der Waals surface area contributed by atoms with Gasteiger partial charge in [0.1, 0.15) is 5.82 Å². The van der Waals surface area contributed by atoms with Gasteiger partial charge in [-0.1, -0.05) is 18.2 Å². The van der Waals surface area contributed by atoms with Crippen molar-refractivity contribution in [2.75, 3.05) is 5.32 Å². The molecule has 0 aliphatic rings. The normalized spacial score (nSPS) is 11.5. The lowest BCUT2D eigenvalue weighted by molar-refractivity contribution is -0.167. The maximum Gasteiger partial charge on any atom is 0.471 e. The molecule has 0 saturated carbocycles. The van der Waals surface area contributed by atoms with Crippen LogP contribution in [0.1, 0.15) is 11.3 Å². The number of amides is 1. The summed E-state index contributed by atoms with van der Waals surface area (Å²) in [5.41, 5.74) is 0.841. The van der Waals surface area contributed by atoms with Gasteiger partial charge in [0.15, 0.2) is 5.82 Å². The molecule has 2 aromatic rings. The van der Waals surface area contributed by atoms with Crippen LogP contribution in [0, 0.1) is 12.7 Å². The van der Waals surface area contributed by atoms with E-state index >= 15 is 0 Å². The first-order valence-electron chi connectivity index (χ1n) is 5.93. The Morgan fingerprint density at radius 2 is 2.00 bits per heavy atom. The molecule has 0 saturated heterocycles. The summed E-state index contributed by atoms with van der Waals surface area (Å²) in [6.07, 6.45) is -4.98. The van der Waals surface area contributed by atoms with Crippen molar-refractivity contribution in [3.63, 3.8) is 0 Å². The molecule has 2 rings (SSSR count). The predicted molar refractivity (Wildman–Crippen MR) is 67.2 cm³/mol. The fourth-order valence-corrected chi connectivity index (χ4v) is 1.71. The molecular formula is C13H11F4N3O. The van der Waals surface area contributed by atoms with Crippen LogP contribution in [0.3, 0.4) is 0 Å². The second-order valence-electron chi connectivity index (χ2n) is 4.37. The number of halogens is 4. The molecule has 1 aromatic heterocycles. The lowest BCUT2D eigenvalue weighted by Crippen LogP contribution is -2.30. The van der Waals surface area contributed by atoms with E-state index in [4.69, 9.17) is 0 Å². The molecule has 0 atom stereocenters. The van der Waals surface area contributed by atoms with Gasteiger partial charge in [0.05, 0.1) is 6.54 Å². The summed E-state index contributed by atoms with van der Waals surface area (Å²) in [4.78, 5) is 10.8. The molecule has 0 unspecified atom stereocenters. The highest BCUT2D eigenvalue weighted by Crippen LogP contribution is 2.19. The van der Waals surface area contributed by atoms with Crippen LogP contribution < -0.4 is 5.32 Å². The number of carbonyl (C=O) groups excluding carboxylic acids is 1. The van der Waals surface area contributed by atoms with Gasteiger partial charge in [-0.05, 0) is 13.0 Å². The molecule has 0 aliphatic carbocycles. The van der Waals surface area contributed by atoms with Crippen molar-refractivity contribution in [1.82, 2.24) is 9.78 Å². The van der Waals surface area contributed by atoms with Crippen LogP contribution in [0.25, 0.3) is 0 Å². The molecule has 1 aromatic carbocycles. The Bertz CT molecular complexity index is 664. The molecule has 0 radical (unpaired) electrons. The summed E-state index contributed by atoms with van der Waals surface area (Å²) in [5, 5.41) is 5.47. The zero-order valence-electron chi connectivity index (χ0n) is 10.9. The van der Waals surface area contributed by atoms with Crippen LogP contribution in [0.15, 0.2) is 30.3 Å². The third kappa shape index (κ3) is 3.59. The van der Waals surface area contributed by atoms with E-state index in [-0.39, 0.29) is 12.4 Å². The minimum Gasteiger partial charge on any atom is -0.301 e. The highest BCUT2D eigenvalue weighted by molar-refractivity contribution is 5.94. The van der Waals surface area contributed by atoms with Gasteiger partial charge in [-0.3, -0.25) is 9.48 Å². The summed E-state index contributed by atoms with van der Waals surface area (Å²) < 4.78 is 51.3. The second-order valence-corrected chi connectivity index (χ2v) is 4.37. The largest absolute Gasteiger partial charge is 0.471 e. The van der Waals surface area contributed by atoms with Gasteiger partial charge in [-0.15, -0.1) is 0 Å². The molecule has 1 heterocycles. The Hall–Kier alpha value is -2.38. The van der Waals surface area contributed by atoms with E-state index in [0.29, 0.717) is 11.3 Å². The molecule has 1 amide bonds.